The van der Waals surface area contributed by atoms with Crippen molar-refractivity contribution in [3.05, 3.63) is 48.0 Å². The van der Waals surface area contributed by atoms with Gasteiger partial charge in [-0.1, -0.05) is 0 Å². The highest BCUT2D eigenvalue weighted by molar-refractivity contribution is 5.84. The highest BCUT2D eigenvalue weighted by Gasteiger charge is 2.48. The standard InChI is InChI=1S/C22H29FN4O2/c1-29-19-5-6-20(23)18(15-19)16-26-11-2-7-22(21(26)28)8-14-25(17-22)10-4-13-27-12-3-9-24-27/h3,5-6,9,12,15H,2,4,7-8,10-11,13-14,16-17H2,1H3/t22-/m0/s1. The lowest BCUT2D eigenvalue weighted by atomic mass is 9.78. The van der Waals surface area contributed by atoms with Crippen LogP contribution in [-0.2, 0) is 17.9 Å². The first kappa shape index (κ1) is 19.9. The van der Waals surface area contributed by atoms with Crippen molar-refractivity contribution in [2.45, 2.75) is 38.8 Å². The van der Waals surface area contributed by atoms with Crippen molar-refractivity contribution in [1.29, 1.82) is 0 Å². The molecule has 2 saturated heterocycles. The van der Waals surface area contributed by atoms with Crippen molar-refractivity contribution in [2.24, 2.45) is 5.41 Å². The summed E-state index contributed by atoms with van der Waals surface area (Å²) in [4.78, 5) is 17.6. The summed E-state index contributed by atoms with van der Waals surface area (Å²) < 4.78 is 21.4. The second kappa shape index (κ2) is 8.53. The van der Waals surface area contributed by atoms with Crippen molar-refractivity contribution in [3.63, 3.8) is 0 Å². The first-order valence-electron chi connectivity index (χ1n) is 10.4. The molecule has 29 heavy (non-hydrogen) atoms. The zero-order valence-electron chi connectivity index (χ0n) is 17.0. The lowest BCUT2D eigenvalue weighted by Crippen LogP contribution is -2.49. The van der Waals surface area contributed by atoms with Gasteiger partial charge >= 0.3 is 0 Å². The normalized spacial score (nSPS) is 22.6. The van der Waals surface area contributed by atoms with Crippen LogP contribution in [0.5, 0.6) is 5.75 Å². The Kier molecular flexibility index (Phi) is 5.85. The second-order valence-corrected chi connectivity index (χ2v) is 8.22. The molecule has 3 heterocycles. The maximum Gasteiger partial charge on any atom is 0.230 e. The summed E-state index contributed by atoms with van der Waals surface area (Å²) in [6.07, 6.45) is 7.59. The van der Waals surface area contributed by atoms with Gasteiger partial charge in [-0.05, 0) is 63.0 Å². The zero-order chi connectivity index (χ0) is 20.3. The summed E-state index contributed by atoms with van der Waals surface area (Å²) in [6, 6.07) is 6.65. The number of nitrogens with zero attached hydrogens (tertiary/aromatic N) is 4. The molecule has 1 spiro atoms. The summed E-state index contributed by atoms with van der Waals surface area (Å²) in [5.74, 6) is 0.509. The minimum atomic E-state index is -0.306. The maximum atomic E-state index is 14.3. The average molecular weight is 400 g/mol. The molecule has 0 unspecified atom stereocenters. The average Bonchev–Trinajstić information content (AvgIpc) is 3.38. The van der Waals surface area contributed by atoms with Crippen LogP contribution in [0.25, 0.3) is 0 Å². The van der Waals surface area contributed by atoms with Crippen molar-refractivity contribution in [1.82, 2.24) is 19.6 Å². The van der Waals surface area contributed by atoms with Gasteiger partial charge in [0.1, 0.15) is 11.6 Å². The van der Waals surface area contributed by atoms with Crippen molar-refractivity contribution >= 4 is 5.91 Å². The molecule has 7 heteroatoms. The highest BCUT2D eigenvalue weighted by Crippen LogP contribution is 2.40. The number of ether oxygens (including phenoxy) is 1. The van der Waals surface area contributed by atoms with Crippen molar-refractivity contribution < 1.29 is 13.9 Å². The molecule has 6 nitrogen and oxygen atoms in total. The summed E-state index contributed by atoms with van der Waals surface area (Å²) >= 11 is 0. The molecule has 1 aromatic heterocycles. The summed E-state index contributed by atoms with van der Waals surface area (Å²) in [6.45, 7) is 4.62. The Morgan fingerprint density at radius 1 is 1.24 bits per heavy atom. The first-order valence-corrected chi connectivity index (χ1v) is 10.4. The van der Waals surface area contributed by atoms with Crippen molar-refractivity contribution in [3.8, 4) is 5.75 Å². The lowest BCUT2D eigenvalue weighted by Gasteiger charge is -2.39. The Labute approximate surface area is 171 Å². The van der Waals surface area contributed by atoms with E-state index in [0.29, 0.717) is 24.4 Å². The van der Waals surface area contributed by atoms with Gasteiger partial charge in [0, 0.05) is 44.1 Å². The van der Waals surface area contributed by atoms with Crippen molar-refractivity contribution in [2.75, 3.05) is 33.3 Å². The SMILES string of the molecule is COc1ccc(F)c(CN2CCC[C@@]3(CCN(CCCn4cccn4)C3)C2=O)c1. The number of rotatable bonds is 7. The van der Waals surface area contributed by atoms with Crippen LogP contribution < -0.4 is 4.74 Å². The van der Waals surface area contributed by atoms with Crippen LogP contribution in [0.4, 0.5) is 4.39 Å². The third-order valence-corrected chi connectivity index (χ3v) is 6.29. The molecule has 156 valence electrons. The molecule has 2 aliphatic heterocycles. The molecule has 2 aliphatic rings. The van der Waals surface area contributed by atoms with Crippen LogP contribution in [0.3, 0.4) is 0 Å². The molecule has 0 radical (unpaired) electrons. The Balaban J connectivity index is 1.37. The number of carbonyl (C=O) groups is 1. The van der Waals surface area contributed by atoms with E-state index < -0.39 is 0 Å². The van der Waals surface area contributed by atoms with Gasteiger partial charge in [-0.2, -0.15) is 5.10 Å². The van der Waals surface area contributed by atoms with Gasteiger partial charge in [0.15, 0.2) is 0 Å². The van der Waals surface area contributed by atoms with Crippen LogP contribution in [0.15, 0.2) is 36.7 Å². The molecule has 0 saturated carbocycles. The molecule has 1 atom stereocenters. The van der Waals surface area contributed by atoms with E-state index in [1.165, 1.54) is 6.07 Å². The number of methoxy groups -OCH3 is 1. The molecule has 2 fully saturated rings. The van der Waals surface area contributed by atoms with E-state index in [-0.39, 0.29) is 17.1 Å². The summed E-state index contributed by atoms with van der Waals surface area (Å²) in [5.41, 5.74) is 0.211. The fourth-order valence-electron chi connectivity index (χ4n) is 4.72. The quantitative estimate of drug-likeness (QED) is 0.717. The molecule has 0 N–H and O–H groups in total. The summed E-state index contributed by atoms with van der Waals surface area (Å²) in [5, 5.41) is 4.24. The first-order chi connectivity index (χ1) is 14.1. The molecular weight excluding hydrogens is 371 g/mol. The number of piperidine rings is 1. The van der Waals surface area contributed by atoms with E-state index in [1.54, 1.807) is 25.4 Å². The van der Waals surface area contributed by atoms with Crippen LogP contribution in [-0.4, -0.2) is 58.8 Å². The van der Waals surface area contributed by atoms with E-state index in [4.69, 9.17) is 4.74 Å². The zero-order valence-corrected chi connectivity index (χ0v) is 17.0. The van der Waals surface area contributed by atoms with Gasteiger partial charge in [0.2, 0.25) is 5.91 Å². The molecule has 4 rings (SSSR count). The highest BCUT2D eigenvalue weighted by atomic mass is 19.1. The van der Waals surface area contributed by atoms with E-state index in [0.717, 1.165) is 51.9 Å². The monoisotopic (exact) mass is 400 g/mol. The fourth-order valence-corrected chi connectivity index (χ4v) is 4.72. The Morgan fingerprint density at radius 3 is 2.93 bits per heavy atom. The lowest BCUT2D eigenvalue weighted by molar-refractivity contribution is -0.146. The largest absolute Gasteiger partial charge is 0.497 e. The van der Waals surface area contributed by atoms with E-state index >= 15 is 0 Å². The fraction of sp³-hybridized carbons (Fsp3) is 0.545. The van der Waals surface area contributed by atoms with Crippen LogP contribution >= 0.6 is 0 Å². The third-order valence-electron chi connectivity index (χ3n) is 6.29. The second-order valence-electron chi connectivity index (χ2n) is 8.22. The Morgan fingerprint density at radius 2 is 2.14 bits per heavy atom. The van der Waals surface area contributed by atoms with Crippen LogP contribution in [0, 0.1) is 11.2 Å². The number of likely N-dealkylation sites (tertiary alicyclic amines) is 2. The predicted octanol–water partition coefficient (Wildman–Crippen LogP) is 2.94. The molecule has 1 amide bonds. The minimum Gasteiger partial charge on any atom is -0.497 e. The van der Waals surface area contributed by atoms with E-state index in [9.17, 15) is 9.18 Å². The van der Waals surface area contributed by atoms with Gasteiger partial charge in [0.25, 0.3) is 0 Å². The summed E-state index contributed by atoms with van der Waals surface area (Å²) in [7, 11) is 1.57. The molecule has 0 aliphatic carbocycles. The number of halogens is 1. The number of hydrogen-bond acceptors (Lipinski definition) is 4. The number of carbonyl (C=O) groups excluding carboxylic acids is 1. The Bertz CT molecular complexity index is 841. The number of amides is 1. The number of benzene rings is 1. The molecular formula is C22H29FN4O2. The topological polar surface area (TPSA) is 50.6 Å². The van der Waals surface area contributed by atoms with Gasteiger partial charge in [-0.15, -0.1) is 0 Å². The third kappa shape index (κ3) is 4.29. The molecule has 0 bridgehead atoms. The number of aryl methyl sites for hydroxylation is 1. The molecule has 2 aromatic rings. The predicted molar refractivity (Wildman–Crippen MR) is 108 cm³/mol. The maximum absolute atomic E-state index is 14.3. The van der Waals surface area contributed by atoms with E-state index in [2.05, 4.69) is 10.00 Å². The van der Waals surface area contributed by atoms with E-state index in [1.807, 2.05) is 21.8 Å². The van der Waals surface area contributed by atoms with Gasteiger partial charge in [-0.3, -0.25) is 9.48 Å². The number of aromatic nitrogens is 2. The minimum absolute atomic E-state index is 0.181. The van der Waals surface area contributed by atoms with Gasteiger partial charge in [-0.25, -0.2) is 4.39 Å². The Hall–Kier alpha value is -2.41. The van der Waals surface area contributed by atoms with Crippen LogP contribution in [0.1, 0.15) is 31.2 Å². The smallest absolute Gasteiger partial charge is 0.230 e. The molecule has 1 aromatic carbocycles. The number of hydrogen-bond donors (Lipinski definition) is 0. The van der Waals surface area contributed by atoms with Gasteiger partial charge in [0.05, 0.1) is 12.5 Å². The van der Waals surface area contributed by atoms with Gasteiger partial charge < -0.3 is 14.5 Å². The van der Waals surface area contributed by atoms with Crippen LogP contribution in [0.2, 0.25) is 0 Å².